The molecule has 2 fully saturated rings. The maximum atomic E-state index is 13.0. The van der Waals surface area contributed by atoms with Crippen molar-refractivity contribution < 1.29 is 31.2 Å². The van der Waals surface area contributed by atoms with Crippen molar-refractivity contribution in [3.8, 4) is 0 Å². The second-order valence-electron chi connectivity index (χ2n) is 6.86. The van der Waals surface area contributed by atoms with Gasteiger partial charge in [-0.2, -0.15) is 17.5 Å². The Balaban J connectivity index is 1.66. The van der Waals surface area contributed by atoms with Crippen LogP contribution in [0, 0.1) is 0 Å². The van der Waals surface area contributed by atoms with Gasteiger partial charge in [-0.25, -0.2) is 8.42 Å². The highest BCUT2D eigenvalue weighted by Gasteiger charge is 2.36. The van der Waals surface area contributed by atoms with Crippen LogP contribution in [0.2, 0.25) is 5.02 Å². The van der Waals surface area contributed by atoms with Crippen LogP contribution in [0.15, 0.2) is 23.1 Å². The quantitative estimate of drug-likeness (QED) is 0.695. The van der Waals surface area contributed by atoms with Crippen LogP contribution >= 0.6 is 11.6 Å². The molecule has 0 unspecified atom stereocenters. The van der Waals surface area contributed by atoms with Crippen LogP contribution < -0.4 is 0 Å². The summed E-state index contributed by atoms with van der Waals surface area (Å²) in [5.41, 5.74) is -1.21. The maximum absolute atomic E-state index is 13.0. The second kappa shape index (κ2) is 8.21. The van der Waals surface area contributed by atoms with E-state index in [0.29, 0.717) is 25.5 Å². The van der Waals surface area contributed by atoms with Gasteiger partial charge in [0.1, 0.15) is 0 Å². The Morgan fingerprint density at radius 3 is 2.31 bits per heavy atom. The largest absolute Gasteiger partial charge is 0.417 e. The topological polar surface area (TPSA) is 78.0 Å². The average Bonchev–Trinajstić information content (AvgIpc) is 3.07. The zero-order valence-corrected chi connectivity index (χ0v) is 16.9. The first kappa shape index (κ1) is 22.0. The highest BCUT2D eigenvalue weighted by molar-refractivity contribution is 7.89. The van der Waals surface area contributed by atoms with Crippen LogP contribution in [-0.2, 0) is 25.8 Å². The molecule has 0 N–H and O–H groups in total. The van der Waals surface area contributed by atoms with Crippen molar-refractivity contribution in [3.05, 3.63) is 28.8 Å². The Hall–Kier alpha value is -1.69. The van der Waals surface area contributed by atoms with Crippen LogP contribution in [0.4, 0.5) is 13.2 Å². The molecule has 0 atom stereocenters. The molecule has 160 valence electrons. The molecular weight excluding hydrogens is 435 g/mol. The lowest BCUT2D eigenvalue weighted by Gasteiger charge is -2.34. The van der Waals surface area contributed by atoms with Crippen LogP contribution in [0.3, 0.4) is 0 Å². The molecule has 2 amide bonds. The molecule has 0 aromatic heterocycles. The highest BCUT2D eigenvalue weighted by atomic mass is 35.5. The number of piperazine rings is 1. The smallest absolute Gasteiger partial charge is 0.292 e. The van der Waals surface area contributed by atoms with Crippen LogP contribution in [-0.4, -0.2) is 73.6 Å². The van der Waals surface area contributed by atoms with Gasteiger partial charge in [-0.15, -0.1) is 0 Å². The molecular formula is C17H19ClF3N3O4S. The molecule has 2 aliphatic heterocycles. The molecule has 12 heteroatoms. The van der Waals surface area contributed by atoms with Crippen LogP contribution in [0.25, 0.3) is 0 Å². The van der Waals surface area contributed by atoms with Gasteiger partial charge in [-0.05, 0) is 24.6 Å². The van der Waals surface area contributed by atoms with Gasteiger partial charge in [0.15, 0.2) is 0 Å². The lowest BCUT2D eigenvalue weighted by molar-refractivity contribution is -0.142. The minimum Gasteiger partial charge on any atom is -0.292 e. The molecule has 0 aliphatic carbocycles. The molecule has 2 saturated heterocycles. The lowest BCUT2D eigenvalue weighted by Crippen LogP contribution is -2.51. The zero-order chi connectivity index (χ0) is 21.4. The molecule has 7 nitrogen and oxygen atoms in total. The normalized spacial score (nSPS) is 19.7. The third kappa shape index (κ3) is 4.73. The summed E-state index contributed by atoms with van der Waals surface area (Å²) in [5.74, 6) is -0.532. The van der Waals surface area contributed by atoms with E-state index in [1.807, 2.05) is 0 Å². The predicted octanol–water partition coefficient (Wildman–Crippen LogP) is 1.81. The van der Waals surface area contributed by atoms with E-state index < -0.39 is 31.7 Å². The van der Waals surface area contributed by atoms with Gasteiger partial charge in [0.25, 0.3) is 0 Å². The second-order valence-corrected chi connectivity index (χ2v) is 9.21. The van der Waals surface area contributed by atoms with Crippen molar-refractivity contribution >= 4 is 33.4 Å². The Kier molecular flexibility index (Phi) is 6.23. The number of rotatable bonds is 4. The summed E-state index contributed by atoms with van der Waals surface area (Å²) in [6, 6.07) is 2.49. The number of likely N-dealkylation sites (tertiary alicyclic amines) is 1. The summed E-state index contributed by atoms with van der Waals surface area (Å²) in [5, 5.41) is -0.573. The van der Waals surface area contributed by atoms with E-state index >= 15 is 0 Å². The first-order valence-corrected chi connectivity index (χ1v) is 10.7. The SMILES string of the molecule is O=C1CCCN1C(=O)CN1CCN(S(=O)(=O)c2ccc(Cl)c(C(F)(F)F)c2)CC1. The molecule has 2 heterocycles. The van der Waals surface area contributed by atoms with Gasteiger partial charge in [0.2, 0.25) is 21.8 Å². The molecule has 0 radical (unpaired) electrons. The van der Waals surface area contributed by atoms with Crippen molar-refractivity contribution in [1.82, 2.24) is 14.1 Å². The van der Waals surface area contributed by atoms with Crippen molar-refractivity contribution in [1.29, 1.82) is 0 Å². The number of imide groups is 1. The Morgan fingerprint density at radius 1 is 1.10 bits per heavy atom. The first-order valence-electron chi connectivity index (χ1n) is 8.92. The van der Waals surface area contributed by atoms with E-state index in [2.05, 4.69) is 0 Å². The third-order valence-corrected chi connectivity index (χ3v) is 7.17. The Morgan fingerprint density at radius 2 is 1.76 bits per heavy atom. The van der Waals surface area contributed by atoms with Crippen LogP contribution in [0.1, 0.15) is 18.4 Å². The lowest BCUT2D eigenvalue weighted by atomic mass is 10.2. The Labute approximate surface area is 171 Å². The summed E-state index contributed by atoms with van der Waals surface area (Å²) >= 11 is 5.55. The third-order valence-electron chi connectivity index (χ3n) is 4.95. The number of amides is 2. The molecule has 0 spiro atoms. The molecule has 29 heavy (non-hydrogen) atoms. The maximum Gasteiger partial charge on any atom is 0.417 e. The fourth-order valence-corrected chi connectivity index (χ4v) is 5.02. The average molecular weight is 454 g/mol. The van der Waals surface area contributed by atoms with Crippen molar-refractivity contribution in [2.75, 3.05) is 39.3 Å². The summed E-state index contributed by atoms with van der Waals surface area (Å²) in [6.45, 7) is 0.892. The number of hydrogen-bond donors (Lipinski definition) is 0. The number of carbonyl (C=O) groups is 2. The van der Waals surface area contributed by atoms with Gasteiger partial charge >= 0.3 is 6.18 Å². The monoisotopic (exact) mass is 453 g/mol. The first-order chi connectivity index (χ1) is 13.5. The molecule has 3 rings (SSSR count). The minimum absolute atomic E-state index is 0.00120. The number of benzene rings is 1. The number of halogens is 4. The fourth-order valence-electron chi connectivity index (χ4n) is 3.35. The molecule has 2 aliphatic rings. The van der Waals surface area contributed by atoms with E-state index in [1.165, 1.54) is 4.90 Å². The van der Waals surface area contributed by atoms with Gasteiger partial charge in [0.05, 0.1) is 22.0 Å². The number of hydrogen-bond acceptors (Lipinski definition) is 5. The molecule has 0 bridgehead atoms. The molecule has 1 aromatic carbocycles. The zero-order valence-electron chi connectivity index (χ0n) is 15.3. The van der Waals surface area contributed by atoms with Crippen LogP contribution in [0.5, 0.6) is 0 Å². The number of carbonyl (C=O) groups excluding carboxylic acids is 2. The minimum atomic E-state index is -4.77. The van der Waals surface area contributed by atoms with Crippen molar-refractivity contribution in [3.63, 3.8) is 0 Å². The van der Waals surface area contributed by atoms with Gasteiger partial charge < -0.3 is 0 Å². The van der Waals surface area contributed by atoms with E-state index in [0.717, 1.165) is 16.4 Å². The van der Waals surface area contributed by atoms with Crippen molar-refractivity contribution in [2.45, 2.75) is 23.9 Å². The number of sulfonamides is 1. The van der Waals surface area contributed by atoms with Gasteiger partial charge in [-0.3, -0.25) is 19.4 Å². The standard InChI is InChI=1S/C17H19ClF3N3O4S/c18-14-4-3-12(10-13(14)17(19,20)21)29(27,28)23-8-6-22(7-9-23)11-16(26)24-5-1-2-15(24)25/h3-4,10H,1-2,5-9,11H2. The number of alkyl halides is 3. The summed E-state index contributed by atoms with van der Waals surface area (Å²) in [6.07, 6.45) is -3.79. The molecule has 0 saturated carbocycles. The van der Waals surface area contributed by atoms with E-state index in [4.69, 9.17) is 11.6 Å². The van der Waals surface area contributed by atoms with E-state index in [-0.39, 0.29) is 44.5 Å². The summed E-state index contributed by atoms with van der Waals surface area (Å²) < 4.78 is 65.6. The summed E-state index contributed by atoms with van der Waals surface area (Å²) in [4.78, 5) is 26.3. The molecule has 1 aromatic rings. The van der Waals surface area contributed by atoms with E-state index in [9.17, 15) is 31.2 Å². The number of nitrogens with zero attached hydrogens (tertiary/aromatic N) is 3. The predicted molar refractivity (Wildman–Crippen MR) is 97.6 cm³/mol. The van der Waals surface area contributed by atoms with Gasteiger partial charge in [-0.1, -0.05) is 11.6 Å². The van der Waals surface area contributed by atoms with Gasteiger partial charge in [0, 0.05) is 39.1 Å². The van der Waals surface area contributed by atoms with E-state index in [1.54, 1.807) is 4.90 Å². The van der Waals surface area contributed by atoms with Crippen molar-refractivity contribution in [2.24, 2.45) is 0 Å². The fraction of sp³-hybridized carbons (Fsp3) is 0.529. The Bertz CT molecular complexity index is 915. The highest BCUT2D eigenvalue weighted by Crippen LogP contribution is 2.36. The summed E-state index contributed by atoms with van der Waals surface area (Å²) in [7, 11) is -4.14.